The van der Waals surface area contributed by atoms with Crippen LogP contribution >= 0.6 is 0 Å². The minimum atomic E-state index is -0.534. The highest BCUT2D eigenvalue weighted by molar-refractivity contribution is 5.88. The molecule has 0 aliphatic rings. The van der Waals surface area contributed by atoms with Crippen LogP contribution in [0.4, 0.5) is 0 Å². The smallest absolute Gasteiger partial charge is 0.243 e. The van der Waals surface area contributed by atoms with Crippen molar-refractivity contribution in [2.24, 2.45) is 5.92 Å². The third kappa shape index (κ3) is 6.22. The van der Waals surface area contributed by atoms with Crippen LogP contribution in [0, 0.1) is 12.8 Å². The average molecular weight is 381 g/mol. The zero-order valence-electron chi connectivity index (χ0n) is 17.4. The van der Waals surface area contributed by atoms with Gasteiger partial charge in [-0.15, -0.1) is 0 Å². The molecule has 1 atom stereocenters. The van der Waals surface area contributed by atoms with Gasteiger partial charge in [-0.2, -0.15) is 0 Å². The molecule has 1 N–H and O–H groups in total. The molecule has 2 rings (SSSR count). The van der Waals surface area contributed by atoms with Crippen molar-refractivity contribution in [3.05, 3.63) is 71.3 Å². The predicted molar refractivity (Wildman–Crippen MR) is 114 cm³/mol. The summed E-state index contributed by atoms with van der Waals surface area (Å²) in [6.45, 7) is 9.05. The molecule has 0 aliphatic heterocycles. The minimum Gasteiger partial charge on any atom is -0.354 e. The fourth-order valence-electron chi connectivity index (χ4n) is 3.15. The summed E-state index contributed by atoms with van der Waals surface area (Å²) >= 11 is 0. The van der Waals surface area contributed by atoms with E-state index in [9.17, 15) is 9.59 Å². The first-order chi connectivity index (χ1) is 13.4. The molecule has 0 spiro atoms. The van der Waals surface area contributed by atoms with Crippen molar-refractivity contribution in [2.75, 3.05) is 6.54 Å². The van der Waals surface area contributed by atoms with E-state index in [-0.39, 0.29) is 11.8 Å². The standard InChI is InChI=1S/C24H32N2O2/c1-5-23(27)26(17-21-14-10-9-11-19(21)4)22(24(28)25-16-18(2)3)15-20-12-7-6-8-13-20/h6-14,18,22H,5,15-17H2,1-4H3,(H,25,28). The van der Waals surface area contributed by atoms with Crippen molar-refractivity contribution in [1.82, 2.24) is 10.2 Å². The summed E-state index contributed by atoms with van der Waals surface area (Å²) < 4.78 is 0. The topological polar surface area (TPSA) is 49.4 Å². The summed E-state index contributed by atoms with van der Waals surface area (Å²) in [6.07, 6.45) is 0.872. The minimum absolute atomic E-state index is 0.0103. The van der Waals surface area contributed by atoms with Gasteiger partial charge in [0.1, 0.15) is 6.04 Å². The van der Waals surface area contributed by atoms with Crippen LogP contribution in [0.1, 0.15) is 43.9 Å². The zero-order valence-corrected chi connectivity index (χ0v) is 17.4. The second kappa shape index (κ2) is 10.6. The fraction of sp³-hybridized carbons (Fsp3) is 0.417. The number of carbonyl (C=O) groups excluding carboxylic acids is 2. The van der Waals surface area contributed by atoms with Gasteiger partial charge in [0.25, 0.3) is 0 Å². The van der Waals surface area contributed by atoms with Gasteiger partial charge >= 0.3 is 0 Å². The number of nitrogens with one attached hydrogen (secondary N) is 1. The molecule has 2 aromatic rings. The van der Waals surface area contributed by atoms with E-state index in [4.69, 9.17) is 0 Å². The Balaban J connectivity index is 2.34. The van der Waals surface area contributed by atoms with Gasteiger partial charge in [0.05, 0.1) is 0 Å². The van der Waals surface area contributed by atoms with Gasteiger partial charge in [0.15, 0.2) is 0 Å². The molecule has 4 heteroatoms. The number of carbonyl (C=O) groups is 2. The molecule has 0 heterocycles. The van der Waals surface area contributed by atoms with Crippen molar-refractivity contribution in [2.45, 2.75) is 53.1 Å². The van der Waals surface area contributed by atoms with E-state index < -0.39 is 6.04 Å². The summed E-state index contributed by atoms with van der Waals surface area (Å²) in [5.74, 6) is 0.254. The molecule has 0 fully saturated rings. The lowest BCUT2D eigenvalue weighted by molar-refractivity contribution is -0.141. The van der Waals surface area contributed by atoms with Crippen LogP contribution in [0.25, 0.3) is 0 Å². The van der Waals surface area contributed by atoms with Crippen LogP contribution in [-0.4, -0.2) is 29.3 Å². The summed E-state index contributed by atoms with van der Waals surface area (Å²) in [6, 6.07) is 17.4. The molecule has 0 saturated heterocycles. The lowest BCUT2D eigenvalue weighted by atomic mass is 10.0. The Morgan fingerprint density at radius 1 is 1.00 bits per heavy atom. The van der Waals surface area contributed by atoms with E-state index in [2.05, 4.69) is 19.2 Å². The van der Waals surface area contributed by atoms with Gasteiger partial charge in [0, 0.05) is 25.9 Å². The van der Waals surface area contributed by atoms with Crippen molar-refractivity contribution in [3.8, 4) is 0 Å². The highest BCUT2D eigenvalue weighted by Crippen LogP contribution is 2.17. The zero-order chi connectivity index (χ0) is 20.5. The third-order valence-corrected chi connectivity index (χ3v) is 4.86. The van der Waals surface area contributed by atoms with E-state index in [1.165, 1.54) is 0 Å². The van der Waals surface area contributed by atoms with Crippen LogP contribution in [-0.2, 0) is 22.6 Å². The lowest BCUT2D eigenvalue weighted by Gasteiger charge is -2.32. The molecule has 0 aliphatic carbocycles. The monoisotopic (exact) mass is 380 g/mol. The van der Waals surface area contributed by atoms with E-state index in [1.54, 1.807) is 4.90 Å². The van der Waals surface area contributed by atoms with Crippen LogP contribution in [0.2, 0.25) is 0 Å². The molecule has 1 unspecified atom stereocenters. The Labute approximate surface area is 169 Å². The highest BCUT2D eigenvalue weighted by Gasteiger charge is 2.29. The molecule has 0 aromatic heterocycles. The highest BCUT2D eigenvalue weighted by atomic mass is 16.2. The number of amides is 2. The maximum absolute atomic E-state index is 13.1. The third-order valence-electron chi connectivity index (χ3n) is 4.86. The van der Waals surface area contributed by atoms with Crippen molar-refractivity contribution in [1.29, 1.82) is 0 Å². The number of hydrogen-bond donors (Lipinski definition) is 1. The van der Waals surface area contributed by atoms with Gasteiger partial charge in [-0.3, -0.25) is 9.59 Å². The first-order valence-electron chi connectivity index (χ1n) is 10.1. The van der Waals surface area contributed by atoms with Crippen molar-refractivity contribution in [3.63, 3.8) is 0 Å². The van der Waals surface area contributed by atoms with E-state index in [1.807, 2.05) is 68.4 Å². The van der Waals surface area contributed by atoms with Gasteiger partial charge in [-0.25, -0.2) is 0 Å². The van der Waals surface area contributed by atoms with Crippen LogP contribution in [0.15, 0.2) is 54.6 Å². The number of aryl methyl sites for hydroxylation is 1. The van der Waals surface area contributed by atoms with E-state index in [0.29, 0.717) is 31.8 Å². The molecular weight excluding hydrogens is 348 g/mol. The molecule has 2 aromatic carbocycles. The second-order valence-corrected chi connectivity index (χ2v) is 7.65. The first-order valence-corrected chi connectivity index (χ1v) is 10.1. The summed E-state index contributed by atoms with van der Waals surface area (Å²) in [4.78, 5) is 27.7. The number of hydrogen-bond acceptors (Lipinski definition) is 2. The second-order valence-electron chi connectivity index (χ2n) is 7.65. The quantitative estimate of drug-likeness (QED) is 0.711. The van der Waals surface area contributed by atoms with E-state index >= 15 is 0 Å². The summed E-state index contributed by atoms with van der Waals surface area (Å²) in [5, 5.41) is 3.03. The van der Waals surface area contributed by atoms with Crippen LogP contribution in [0.5, 0.6) is 0 Å². The summed E-state index contributed by atoms with van der Waals surface area (Å²) in [7, 11) is 0. The largest absolute Gasteiger partial charge is 0.354 e. The maximum atomic E-state index is 13.1. The van der Waals surface area contributed by atoms with Crippen LogP contribution < -0.4 is 5.32 Å². The Kier molecular flexibility index (Phi) is 8.24. The molecular formula is C24H32N2O2. The molecule has 2 amide bonds. The Bertz CT molecular complexity index is 771. The summed E-state index contributed by atoms with van der Waals surface area (Å²) in [5.41, 5.74) is 3.24. The first kappa shape index (κ1) is 21.7. The SMILES string of the molecule is CCC(=O)N(Cc1ccccc1C)C(Cc1ccccc1)C(=O)NCC(C)C. The van der Waals surface area contributed by atoms with E-state index in [0.717, 1.165) is 16.7 Å². The molecule has 0 saturated carbocycles. The molecule has 150 valence electrons. The average Bonchev–Trinajstić information content (AvgIpc) is 2.70. The molecule has 4 nitrogen and oxygen atoms in total. The molecule has 0 radical (unpaired) electrons. The Hall–Kier alpha value is -2.62. The Morgan fingerprint density at radius 2 is 1.64 bits per heavy atom. The van der Waals surface area contributed by atoms with Gasteiger partial charge in [-0.05, 0) is 29.5 Å². The van der Waals surface area contributed by atoms with Gasteiger partial charge in [0.2, 0.25) is 11.8 Å². The molecule has 28 heavy (non-hydrogen) atoms. The van der Waals surface area contributed by atoms with Crippen LogP contribution in [0.3, 0.4) is 0 Å². The number of nitrogens with zero attached hydrogens (tertiary/aromatic N) is 1. The van der Waals surface area contributed by atoms with Crippen molar-refractivity contribution < 1.29 is 9.59 Å². The van der Waals surface area contributed by atoms with Crippen molar-refractivity contribution >= 4 is 11.8 Å². The number of benzene rings is 2. The van der Waals surface area contributed by atoms with Gasteiger partial charge in [-0.1, -0.05) is 75.4 Å². The predicted octanol–water partition coefficient (Wildman–Crippen LogP) is 4.12. The van der Waals surface area contributed by atoms with Gasteiger partial charge < -0.3 is 10.2 Å². The number of rotatable bonds is 9. The lowest BCUT2D eigenvalue weighted by Crippen LogP contribution is -2.51. The maximum Gasteiger partial charge on any atom is 0.243 e. The molecule has 0 bridgehead atoms. The fourth-order valence-corrected chi connectivity index (χ4v) is 3.15. The Morgan fingerprint density at radius 3 is 2.25 bits per heavy atom. The normalized spacial score (nSPS) is 11.9.